The summed E-state index contributed by atoms with van der Waals surface area (Å²) in [6.07, 6.45) is 3.75. The maximum Gasteiger partial charge on any atom is 0.0969 e. The lowest BCUT2D eigenvalue weighted by atomic mass is 10.0. The molecule has 58 valence electrons. The number of nitrogens with zero attached hydrogens (tertiary/aromatic N) is 1. The van der Waals surface area contributed by atoms with Gasteiger partial charge >= 0.3 is 0 Å². The highest BCUT2D eigenvalue weighted by atomic mass is 32.2. The largest absolute Gasteiger partial charge is 0.397 e. The smallest absolute Gasteiger partial charge is 0.0969 e. The molecular weight excluding hydrogens is 160 g/mol. The van der Waals surface area contributed by atoms with Crippen LogP contribution in [-0.2, 0) is 0 Å². The Bertz CT molecular complexity index is 278. The van der Waals surface area contributed by atoms with Crippen molar-refractivity contribution in [1.82, 2.24) is 4.72 Å². The number of nitrogens with two attached hydrogens (primary N) is 2. The molecular formula is C6H8N4S. The van der Waals surface area contributed by atoms with E-state index in [1.807, 2.05) is 6.08 Å². The van der Waals surface area contributed by atoms with Crippen LogP contribution in [0.15, 0.2) is 27.9 Å². The van der Waals surface area contributed by atoms with E-state index < -0.39 is 0 Å². The molecule has 1 unspecified atom stereocenters. The predicted octanol–water partition coefficient (Wildman–Crippen LogP) is -0.339. The van der Waals surface area contributed by atoms with Crippen LogP contribution in [0, 0.1) is 0 Å². The third-order valence-electron chi connectivity index (χ3n) is 1.67. The first-order valence-electron chi connectivity index (χ1n) is 3.22. The first kappa shape index (κ1) is 6.75. The zero-order valence-electron chi connectivity index (χ0n) is 5.74. The molecule has 1 aliphatic carbocycles. The van der Waals surface area contributed by atoms with Crippen LogP contribution >= 0.6 is 12.1 Å². The summed E-state index contributed by atoms with van der Waals surface area (Å²) in [5.74, 6) is 0. The van der Waals surface area contributed by atoms with Gasteiger partial charge in [-0.3, -0.25) is 0 Å². The molecule has 2 rings (SSSR count). The van der Waals surface area contributed by atoms with Crippen molar-refractivity contribution >= 4 is 17.8 Å². The summed E-state index contributed by atoms with van der Waals surface area (Å²) >= 11 is 1.30. The summed E-state index contributed by atoms with van der Waals surface area (Å²) in [7, 11) is 0. The predicted molar refractivity (Wildman–Crippen MR) is 46.5 cm³/mol. The lowest BCUT2D eigenvalue weighted by molar-refractivity contribution is 0.986. The summed E-state index contributed by atoms with van der Waals surface area (Å²) < 4.78 is 7.16. The van der Waals surface area contributed by atoms with Gasteiger partial charge in [-0.25, -0.2) is 9.12 Å². The molecule has 0 bridgehead atoms. The van der Waals surface area contributed by atoms with Crippen molar-refractivity contribution in [3.8, 4) is 0 Å². The maximum atomic E-state index is 5.68. The number of rotatable bonds is 0. The Labute approximate surface area is 68.7 Å². The minimum absolute atomic E-state index is 0.146. The molecule has 11 heavy (non-hydrogen) atoms. The van der Waals surface area contributed by atoms with Gasteiger partial charge in [0.1, 0.15) is 0 Å². The van der Waals surface area contributed by atoms with E-state index in [2.05, 4.69) is 9.12 Å². The fourth-order valence-electron chi connectivity index (χ4n) is 1.03. The van der Waals surface area contributed by atoms with Crippen LogP contribution in [0.1, 0.15) is 0 Å². The monoisotopic (exact) mass is 168 g/mol. The van der Waals surface area contributed by atoms with Crippen molar-refractivity contribution in [2.75, 3.05) is 0 Å². The average Bonchev–Trinajstić information content (AvgIpc) is 2.45. The Kier molecular flexibility index (Phi) is 1.40. The SMILES string of the molecule is NC1=C(N)C2=NSNC2C=C1. The lowest BCUT2D eigenvalue weighted by Gasteiger charge is -2.13. The van der Waals surface area contributed by atoms with Crippen molar-refractivity contribution in [1.29, 1.82) is 0 Å². The lowest BCUT2D eigenvalue weighted by Crippen LogP contribution is -2.33. The van der Waals surface area contributed by atoms with Crippen LogP contribution < -0.4 is 16.2 Å². The highest BCUT2D eigenvalue weighted by molar-refractivity contribution is 7.96. The molecule has 0 spiro atoms. The van der Waals surface area contributed by atoms with E-state index in [1.165, 1.54) is 12.1 Å². The Hall–Kier alpha value is -0.940. The van der Waals surface area contributed by atoms with Crippen molar-refractivity contribution in [2.24, 2.45) is 15.9 Å². The van der Waals surface area contributed by atoms with E-state index in [0.29, 0.717) is 11.4 Å². The van der Waals surface area contributed by atoms with E-state index in [-0.39, 0.29) is 6.04 Å². The molecule has 1 heterocycles. The van der Waals surface area contributed by atoms with E-state index >= 15 is 0 Å². The summed E-state index contributed by atoms with van der Waals surface area (Å²) in [6, 6.07) is 0.146. The number of fused-ring (bicyclic) bond motifs is 1. The average molecular weight is 168 g/mol. The molecule has 0 aromatic heterocycles. The summed E-state index contributed by atoms with van der Waals surface area (Å²) in [6.45, 7) is 0. The molecule has 0 saturated heterocycles. The fourth-order valence-corrected chi connectivity index (χ4v) is 1.70. The molecule has 0 radical (unpaired) electrons. The zero-order chi connectivity index (χ0) is 7.84. The standard InChI is InChI=1S/C6H8N4S/c7-3-1-2-4-6(5(3)8)10-11-9-4/h1-2,4,9H,7-8H2. The second-order valence-electron chi connectivity index (χ2n) is 2.39. The first-order chi connectivity index (χ1) is 5.29. The van der Waals surface area contributed by atoms with Gasteiger partial charge in [0.25, 0.3) is 0 Å². The van der Waals surface area contributed by atoms with Gasteiger partial charge in [0.2, 0.25) is 0 Å². The van der Waals surface area contributed by atoms with Crippen LogP contribution in [0.5, 0.6) is 0 Å². The molecule has 1 aliphatic heterocycles. The molecule has 0 aromatic carbocycles. The van der Waals surface area contributed by atoms with Gasteiger partial charge in [-0.05, 0) is 6.08 Å². The maximum absolute atomic E-state index is 5.68. The Morgan fingerprint density at radius 1 is 1.55 bits per heavy atom. The van der Waals surface area contributed by atoms with Crippen molar-refractivity contribution in [3.05, 3.63) is 23.5 Å². The molecule has 0 amide bonds. The number of hydrogen-bond donors (Lipinski definition) is 3. The topological polar surface area (TPSA) is 76.4 Å². The Morgan fingerprint density at radius 2 is 2.36 bits per heavy atom. The third-order valence-corrected chi connectivity index (χ3v) is 2.32. The minimum atomic E-state index is 0.146. The number of allylic oxidation sites excluding steroid dienone is 1. The molecule has 0 aromatic rings. The van der Waals surface area contributed by atoms with Crippen LogP contribution in [0.2, 0.25) is 0 Å². The molecule has 0 saturated carbocycles. The second kappa shape index (κ2) is 2.28. The fraction of sp³-hybridized carbons (Fsp3) is 0.167. The highest BCUT2D eigenvalue weighted by Gasteiger charge is 2.24. The van der Waals surface area contributed by atoms with Crippen molar-refractivity contribution in [3.63, 3.8) is 0 Å². The van der Waals surface area contributed by atoms with Gasteiger partial charge < -0.3 is 11.5 Å². The van der Waals surface area contributed by atoms with E-state index in [1.54, 1.807) is 6.08 Å². The van der Waals surface area contributed by atoms with Gasteiger partial charge in [0, 0.05) is 0 Å². The molecule has 5 heteroatoms. The van der Waals surface area contributed by atoms with E-state index in [0.717, 1.165) is 5.71 Å². The third kappa shape index (κ3) is 0.928. The molecule has 5 N–H and O–H groups in total. The van der Waals surface area contributed by atoms with Crippen LogP contribution in [0.4, 0.5) is 0 Å². The van der Waals surface area contributed by atoms with Crippen molar-refractivity contribution in [2.45, 2.75) is 6.04 Å². The molecule has 1 atom stereocenters. The number of nitrogens with one attached hydrogen (secondary N) is 1. The quantitative estimate of drug-likeness (QED) is 0.432. The molecule has 4 nitrogen and oxygen atoms in total. The first-order valence-corrected chi connectivity index (χ1v) is 3.99. The second-order valence-corrected chi connectivity index (χ2v) is 2.99. The van der Waals surface area contributed by atoms with Gasteiger partial charge in [-0.15, -0.1) is 0 Å². The summed E-state index contributed by atoms with van der Waals surface area (Å²) in [5.41, 5.74) is 13.3. The van der Waals surface area contributed by atoms with Crippen LogP contribution in [-0.4, -0.2) is 11.8 Å². The van der Waals surface area contributed by atoms with Crippen LogP contribution in [0.25, 0.3) is 0 Å². The van der Waals surface area contributed by atoms with E-state index in [9.17, 15) is 0 Å². The van der Waals surface area contributed by atoms with Gasteiger partial charge in [-0.2, -0.15) is 0 Å². The summed E-state index contributed by atoms with van der Waals surface area (Å²) in [4.78, 5) is 0. The Morgan fingerprint density at radius 3 is 3.18 bits per heavy atom. The van der Waals surface area contributed by atoms with Gasteiger partial charge in [-0.1, -0.05) is 6.08 Å². The normalized spacial score (nSPS) is 28.7. The van der Waals surface area contributed by atoms with Crippen molar-refractivity contribution < 1.29 is 0 Å². The van der Waals surface area contributed by atoms with Crippen LogP contribution in [0.3, 0.4) is 0 Å². The Balaban J connectivity index is 2.43. The molecule has 2 aliphatic rings. The summed E-state index contributed by atoms with van der Waals surface area (Å²) in [5, 5.41) is 0. The highest BCUT2D eigenvalue weighted by Crippen LogP contribution is 2.19. The van der Waals surface area contributed by atoms with E-state index in [4.69, 9.17) is 11.5 Å². The van der Waals surface area contributed by atoms with Gasteiger partial charge in [0.05, 0.1) is 35.3 Å². The number of hydrogen-bond acceptors (Lipinski definition) is 5. The zero-order valence-corrected chi connectivity index (χ0v) is 6.56. The van der Waals surface area contributed by atoms with Gasteiger partial charge in [0.15, 0.2) is 0 Å². The molecule has 0 fully saturated rings. The minimum Gasteiger partial charge on any atom is -0.397 e.